The van der Waals surface area contributed by atoms with Gasteiger partial charge in [0.05, 0.1) is 11.1 Å². The van der Waals surface area contributed by atoms with E-state index in [9.17, 15) is 14.4 Å². The summed E-state index contributed by atoms with van der Waals surface area (Å²) in [4.78, 5) is 11.8. The summed E-state index contributed by atoms with van der Waals surface area (Å²) in [5.41, 5.74) is -0.200. The second kappa shape index (κ2) is 4.46. The predicted octanol–water partition coefficient (Wildman–Crippen LogP) is 3.28. The third-order valence-corrected chi connectivity index (χ3v) is 3.53. The van der Waals surface area contributed by atoms with E-state index in [-0.39, 0.29) is 10.8 Å². The molecular weight excluding hydrogens is 241 g/mol. The van der Waals surface area contributed by atoms with Crippen LogP contribution in [0, 0.1) is 22.6 Å². The first-order valence-electron chi connectivity index (χ1n) is 5.46. The van der Waals surface area contributed by atoms with Crippen LogP contribution in [0.15, 0.2) is 18.2 Å². The third kappa shape index (κ3) is 2.18. The Morgan fingerprint density at radius 1 is 1.53 bits per heavy atom. The van der Waals surface area contributed by atoms with Crippen LogP contribution in [0.1, 0.15) is 24.8 Å². The number of benzene rings is 1. The predicted molar refractivity (Wildman–Crippen MR) is 62.0 cm³/mol. The molecule has 1 fully saturated rings. The minimum Gasteiger partial charge on any atom is -0.298 e. The molecule has 0 saturated heterocycles. The molecule has 17 heavy (non-hydrogen) atoms. The molecule has 1 aliphatic carbocycles. The zero-order valence-corrected chi connectivity index (χ0v) is 9.93. The van der Waals surface area contributed by atoms with Gasteiger partial charge in [0.25, 0.3) is 0 Å². The smallest absolute Gasteiger partial charge is 0.153 e. The molecule has 0 N–H and O–H groups in total. The van der Waals surface area contributed by atoms with Crippen molar-refractivity contribution in [2.75, 3.05) is 0 Å². The zero-order valence-electron chi connectivity index (χ0n) is 9.17. The quantitative estimate of drug-likeness (QED) is 0.809. The maximum absolute atomic E-state index is 13.0. The van der Waals surface area contributed by atoms with Gasteiger partial charge in [-0.05, 0) is 37.0 Å². The van der Waals surface area contributed by atoms with Crippen LogP contribution < -0.4 is 0 Å². The van der Waals surface area contributed by atoms with E-state index in [4.69, 9.17) is 11.6 Å². The van der Waals surface area contributed by atoms with Crippen molar-refractivity contribution >= 4 is 17.4 Å². The fourth-order valence-corrected chi connectivity index (χ4v) is 2.48. The van der Waals surface area contributed by atoms with Crippen molar-refractivity contribution in [2.24, 2.45) is 5.41 Å². The molecule has 0 aromatic heterocycles. The molecule has 1 aliphatic rings. The molecule has 4 heteroatoms. The lowest BCUT2D eigenvalue weighted by Gasteiger charge is -2.18. The van der Waals surface area contributed by atoms with Gasteiger partial charge in [0.1, 0.15) is 11.2 Å². The summed E-state index contributed by atoms with van der Waals surface area (Å²) in [6, 6.07) is 6.45. The van der Waals surface area contributed by atoms with Crippen LogP contribution in [0.5, 0.6) is 0 Å². The summed E-state index contributed by atoms with van der Waals surface area (Å²) in [6.07, 6.45) is 2.11. The minimum atomic E-state index is -0.929. The lowest BCUT2D eigenvalue weighted by Crippen LogP contribution is -2.26. The zero-order chi connectivity index (χ0) is 12.5. The van der Waals surface area contributed by atoms with Crippen LogP contribution in [-0.2, 0) is 11.2 Å². The van der Waals surface area contributed by atoms with Crippen molar-refractivity contribution in [3.8, 4) is 6.07 Å². The summed E-state index contributed by atoms with van der Waals surface area (Å²) in [5, 5.41) is 9.22. The van der Waals surface area contributed by atoms with Crippen molar-refractivity contribution in [2.45, 2.75) is 25.7 Å². The van der Waals surface area contributed by atoms with Crippen molar-refractivity contribution in [3.05, 3.63) is 34.6 Å². The second-order valence-electron chi connectivity index (χ2n) is 4.40. The van der Waals surface area contributed by atoms with Gasteiger partial charge in [-0.1, -0.05) is 17.7 Å². The van der Waals surface area contributed by atoms with Crippen LogP contribution in [0.2, 0.25) is 5.02 Å². The van der Waals surface area contributed by atoms with Gasteiger partial charge in [0.2, 0.25) is 0 Å². The molecule has 0 aliphatic heterocycles. The van der Waals surface area contributed by atoms with E-state index in [0.717, 1.165) is 12.0 Å². The van der Waals surface area contributed by atoms with E-state index in [2.05, 4.69) is 6.07 Å². The number of ketones is 1. The molecule has 0 radical (unpaired) electrons. The molecule has 1 aromatic rings. The Morgan fingerprint density at radius 2 is 2.29 bits per heavy atom. The molecule has 2 rings (SSSR count). The first-order valence-corrected chi connectivity index (χ1v) is 5.84. The summed E-state index contributed by atoms with van der Waals surface area (Å²) in [6.45, 7) is 0. The standard InChI is InChI=1S/C13H11ClFNO/c14-10-6-9(3-4-11(10)15)7-13(8-16)5-1-2-12(13)17/h3-4,6H,1-2,5,7H2. The largest absolute Gasteiger partial charge is 0.298 e. The average molecular weight is 252 g/mol. The number of carbonyl (C=O) groups excluding carboxylic acids is 1. The second-order valence-corrected chi connectivity index (χ2v) is 4.80. The number of halogens is 2. The Balaban J connectivity index is 2.28. The highest BCUT2D eigenvalue weighted by molar-refractivity contribution is 6.30. The van der Waals surface area contributed by atoms with Gasteiger partial charge in [-0.2, -0.15) is 5.26 Å². The lowest BCUT2D eigenvalue weighted by atomic mass is 9.81. The molecule has 1 atom stereocenters. The normalized spacial score (nSPS) is 23.7. The molecule has 2 nitrogen and oxygen atoms in total. The van der Waals surface area contributed by atoms with Gasteiger partial charge in [-0.25, -0.2) is 4.39 Å². The number of nitrogens with zero attached hydrogens (tertiary/aromatic N) is 1. The molecule has 0 heterocycles. The van der Waals surface area contributed by atoms with Crippen LogP contribution in [0.3, 0.4) is 0 Å². The van der Waals surface area contributed by atoms with E-state index in [1.54, 1.807) is 6.07 Å². The molecule has 1 saturated carbocycles. The first-order chi connectivity index (χ1) is 8.07. The number of hydrogen-bond acceptors (Lipinski definition) is 2. The van der Waals surface area contributed by atoms with Crippen molar-refractivity contribution in [1.82, 2.24) is 0 Å². The number of hydrogen-bond donors (Lipinski definition) is 0. The number of Topliss-reactive ketones (excluding diaryl/α,β-unsaturated/α-hetero) is 1. The van der Waals surface area contributed by atoms with Gasteiger partial charge in [0.15, 0.2) is 5.78 Å². The van der Waals surface area contributed by atoms with E-state index >= 15 is 0 Å². The third-order valence-electron chi connectivity index (χ3n) is 3.25. The fourth-order valence-electron chi connectivity index (χ4n) is 2.27. The molecule has 0 bridgehead atoms. The van der Waals surface area contributed by atoms with Crippen LogP contribution in [-0.4, -0.2) is 5.78 Å². The minimum absolute atomic E-state index is 0.0135. The molecule has 88 valence electrons. The summed E-state index contributed by atoms with van der Waals surface area (Å²) >= 11 is 5.68. The maximum Gasteiger partial charge on any atom is 0.153 e. The summed E-state index contributed by atoms with van der Waals surface area (Å²) in [7, 11) is 0. The van der Waals surface area contributed by atoms with Crippen LogP contribution >= 0.6 is 11.6 Å². The Kier molecular flexibility index (Phi) is 3.17. The molecule has 0 amide bonds. The Bertz CT molecular complexity index is 509. The SMILES string of the molecule is N#CC1(Cc2ccc(F)c(Cl)c2)CCCC1=O. The van der Waals surface area contributed by atoms with Crippen LogP contribution in [0.25, 0.3) is 0 Å². The highest BCUT2D eigenvalue weighted by Crippen LogP contribution is 2.37. The molecular formula is C13H11ClFNO. The number of rotatable bonds is 2. The molecule has 1 aromatic carbocycles. The van der Waals surface area contributed by atoms with Gasteiger partial charge in [0, 0.05) is 6.42 Å². The topological polar surface area (TPSA) is 40.9 Å². The molecule has 1 unspecified atom stereocenters. The first kappa shape index (κ1) is 12.1. The number of nitriles is 1. The fraction of sp³-hybridized carbons (Fsp3) is 0.385. The van der Waals surface area contributed by atoms with Gasteiger partial charge in [-0.3, -0.25) is 4.79 Å². The van der Waals surface area contributed by atoms with E-state index in [0.29, 0.717) is 19.3 Å². The Hall–Kier alpha value is -1.40. The van der Waals surface area contributed by atoms with Crippen molar-refractivity contribution < 1.29 is 9.18 Å². The van der Waals surface area contributed by atoms with Gasteiger partial charge in [-0.15, -0.1) is 0 Å². The van der Waals surface area contributed by atoms with Gasteiger partial charge >= 0.3 is 0 Å². The summed E-state index contributed by atoms with van der Waals surface area (Å²) in [5.74, 6) is -0.500. The van der Waals surface area contributed by atoms with Gasteiger partial charge < -0.3 is 0 Å². The Labute approximate surface area is 104 Å². The van der Waals surface area contributed by atoms with E-state index in [1.807, 2.05) is 0 Å². The Morgan fingerprint density at radius 3 is 2.82 bits per heavy atom. The summed E-state index contributed by atoms with van der Waals surface area (Å²) < 4.78 is 13.0. The van der Waals surface area contributed by atoms with Crippen molar-refractivity contribution in [1.29, 1.82) is 5.26 Å². The monoisotopic (exact) mass is 251 g/mol. The maximum atomic E-state index is 13.0. The highest BCUT2D eigenvalue weighted by Gasteiger charge is 2.42. The average Bonchev–Trinajstić information content (AvgIpc) is 2.66. The highest BCUT2D eigenvalue weighted by atomic mass is 35.5. The van der Waals surface area contributed by atoms with Crippen LogP contribution in [0.4, 0.5) is 4.39 Å². The lowest BCUT2D eigenvalue weighted by molar-refractivity contribution is -0.123. The van der Waals surface area contributed by atoms with E-state index < -0.39 is 11.2 Å². The van der Waals surface area contributed by atoms with Crippen molar-refractivity contribution in [3.63, 3.8) is 0 Å². The number of carbonyl (C=O) groups is 1. The van der Waals surface area contributed by atoms with E-state index in [1.165, 1.54) is 12.1 Å². The molecule has 0 spiro atoms.